The maximum absolute atomic E-state index is 12.3. The van der Waals surface area contributed by atoms with Crippen LogP contribution in [0.15, 0.2) is 42.5 Å². The number of rotatable bonds is 10. The molecule has 0 heterocycles. The highest BCUT2D eigenvalue weighted by Gasteiger charge is 2.22. The maximum atomic E-state index is 12.3. The summed E-state index contributed by atoms with van der Waals surface area (Å²) in [6, 6.07) is 12.6. The third kappa shape index (κ3) is 8.09. The molecule has 0 unspecified atom stereocenters. The maximum Gasteiger partial charge on any atom is 0.240 e. The molecule has 0 saturated carbocycles. The first kappa shape index (κ1) is 23.9. The van der Waals surface area contributed by atoms with E-state index < -0.39 is 10.0 Å². The van der Waals surface area contributed by atoms with Crippen molar-refractivity contribution in [2.24, 2.45) is 0 Å². The van der Waals surface area contributed by atoms with E-state index >= 15 is 0 Å². The molecule has 0 aliphatic carbocycles. The molecule has 1 amide bonds. The molecular formula is C20H24Cl2N2O3S2. The predicted molar refractivity (Wildman–Crippen MR) is 124 cm³/mol. The van der Waals surface area contributed by atoms with E-state index in [9.17, 15) is 13.2 Å². The van der Waals surface area contributed by atoms with Crippen molar-refractivity contribution in [3.05, 3.63) is 63.6 Å². The Morgan fingerprint density at radius 3 is 2.38 bits per heavy atom. The van der Waals surface area contributed by atoms with Crippen molar-refractivity contribution in [3.8, 4) is 0 Å². The van der Waals surface area contributed by atoms with Crippen molar-refractivity contribution >= 4 is 56.6 Å². The highest BCUT2D eigenvalue weighted by molar-refractivity contribution is 7.98. The molecule has 0 bridgehead atoms. The molecule has 0 aliphatic rings. The molecule has 0 aliphatic heterocycles. The lowest BCUT2D eigenvalue weighted by Crippen LogP contribution is -2.41. The fourth-order valence-electron chi connectivity index (χ4n) is 2.64. The van der Waals surface area contributed by atoms with Crippen molar-refractivity contribution in [2.75, 3.05) is 29.4 Å². The van der Waals surface area contributed by atoms with Gasteiger partial charge in [0, 0.05) is 22.3 Å². The zero-order valence-electron chi connectivity index (χ0n) is 16.3. The Kier molecular flexibility index (Phi) is 9.14. The Morgan fingerprint density at radius 1 is 1.10 bits per heavy atom. The first-order valence-corrected chi connectivity index (χ1v) is 12.8. The van der Waals surface area contributed by atoms with E-state index in [0.29, 0.717) is 22.8 Å². The van der Waals surface area contributed by atoms with Gasteiger partial charge in [0.15, 0.2) is 0 Å². The van der Waals surface area contributed by atoms with E-state index in [1.54, 1.807) is 36.9 Å². The minimum absolute atomic E-state index is 0.265. The monoisotopic (exact) mass is 474 g/mol. The van der Waals surface area contributed by atoms with Gasteiger partial charge in [0.25, 0.3) is 0 Å². The van der Waals surface area contributed by atoms with Crippen LogP contribution in [0.1, 0.15) is 17.5 Å². The fraction of sp³-hybridized carbons (Fsp3) is 0.350. The molecule has 0 saturated heterocycles. The van der Waals surface area contributed by atoms with Gasteiger partial charge in [-0.2, -0.15) is 11.8 Å². The SMILES string of the molecule is Cc1cc(Cl)ccc1N(CC(=O)NCCCSCc1ccc(Cl)cc1)S(C)(=O)=O. The van der Waals surface area contributed by atoms with Crippen LogP contribution in [0, 0.1) is 6.92 Å². The molecule has 0 fully saturated rings. The van der Waals surface area contributed by atoms with E-state index in [-0.39, 0.29) is 12.5 Å². The summed E-state index contributed by atoms with van der Waals surface area (Å²) in [6.45, 7) is 1.98. The van der Waals surface area contributed by atoms with Crippen LogP contribution in [0.2, 0.25) is 10.0 Å². The van der Waals surface area contributed by atoms with Crippen LogP contribution in [-0.2, 0) is 20.6 Å². The number of sulfonamides is 1. The van der Waals surface area contributed by atoms with Crippen LogP contribution in [-0.4, -0.2) is 39.4 Å². The zero-order chi connectivity index (χ0) is 21.4. The summed E-state index contributed by atoms with van der Waals surface area (Å²) in [6.07, 6.45) is 1.88. The lowest BCUT2D eigenvalue weighted by atomic mass is 10.2. The van der Waals surface area contributed by atoms with Crippen LogP contribution < -0.4 is 9.62 Å². The number of hydrogen-bond donors (Lipinski definition) is 1. The number of aryl methyl sites for hydroxylation is 1. The molecule has 29 heavy (non-hydrogen) atoms. The molecule has 1 N–H and O–H groups in total. The van der Waals surface area contributed by atoms with Crippen LogP contribution in [0.4, 0.5) is 5.69 Å². The smallest absolute Gasteiger partial charge is 0.240 e. The number of halogens is 2. The first-order valence-electron chi connectivity index (χ1n) is 8.99. The van der Waals surface area contributed by atoms with Gasteiger partial charge in [-0.05, 0) is 60.6 Å². The lowest BCUT2D eigenvalue weighted by Gasteiger charge is -2.23. The van der Waals surface area contributed by atoms with Crippen LogP contribution in [0.5, 0.6) is 0 Å². The average molecular weight is 475 g/mol. The topological polar surface area (TPSA) is 66.5 Å². The number of carbonyl (C=O) groups excluding carboxylic acids is 1. The van der Waals surface area contributed by atoms with Gasteiger partial charge in [-0.3, -0.25) is 9.10 Å². The Bertz CT molecular complexity index is 935. The number of benzene rings is 2. The van der Waals surface area contributed by atoms with E-state index in [1.165, 1.54) is 5.56 Å². The highest BCUT2D eigenvalue weighted by atomic mass is 35.5. The first-order chi connectivity index (χ1) is 13.7. The van der Waals surface area contributed by atoms with Gasteiger partial charge in [0.2, 0.25) is 15.9 Å². The predicted octanol–water partition coefficient (Wildman–Crippen LogP) is 4.51. The number of nitrogens with zero attached hydrogens (tertiary/aromatic N) is 1. The van der Waals surface area contributed by atoms with E-state index in [2.05, 4.69) is 5.32 Å². The molecule has 9 heteroatoms. The van der Waals surface area contributed by atoms with Crippen molar-refractivity contribution in [2.45, 2.75) is 19.1 Å². The van der Waals surface area contributed by atoms with E-state index in [0.717, 1.165) is 33.5 Å². The normalized spacial score (nSPS) is 11.3. The van der Waals surface area contributed by atoms with Gasteiger partial charge in [-0.25, -0.2) is 8.42 Å². The molecule has 158 valence electrons. The number of hydrogen-bond acceptors (Lipinski definition) is 4. The van der Waals surface area contributed by atoms with Crippen molar-refractivity contribution in [1.82, 2.24) is 5.32 Å². The lowest BCUT2D eigenvalue weighted by molar-refractivity contribution is -0.119. The van der Waals surface area contributed by atoms with E-state index in [4.69, 9.17) is 23.2 Å². The molecule has 0 atom stereocenters. The van der Waals surface area contributed by atoms with Gasteiger partial charge in [-0.15, -0.1) is 0 Å². The second-order valence-electron chi connectivity index (χ2n) is 6.58. The summed E-state index contributed by atoms with van der Waals surface area (Å²) < 4.78 is 25.5. The molecule has 0 spiro atoms. The number of carbonyl (C=O) groups is 1. The third-order valence-corrected chi connectivity index (χ3v) is 6.81. The number of nitrogens with one attached hydrogen (secondary N) is 1. The molecule has 2 rings (SSSR count). The summed E-state index contributed by atoms with van der Waals surface area (Å²) in [5.41, 5.74) is 2.34. The Labute approximate surface area is 186 Å². The Hall–Kier alpha value is -1.41. The molecule has 5 nitrogen and oxygen atoms in total. The number of thioether (sulfide) groups is 1. The van der Waals surface area contributed by atoms with Crippen LogP contribution in [0.3, 0.4) is 0 Å². The second-order valence-corrected chi connectivity index (χ2v) is 10.5. The minimum Gasteiger partial charge on any atom is -0.354 e. The second kappa shape index (κ2) is 11.1. The van der Waals surface area contributed by atoms with Crippen LogP contribution in [0.25, 0.3) is 0 Å². The highest BCUT2D eigenvalue weighted by Crippen LogP contribution is 2.25. The van der Waals surface area contributed by atoms with Crippen molar-refractivity contribution in [3.63, 3.8) is 0 Å². The summed E-state index contributed by atoms with van der Waals surface area (Å²) in [5.74, 6) is 1.42. The van der Waals surface area contributed by atoms with Crippen molar-refractivity contribution < 1.29 is 13.2 Å². The average Bonchev–Trinajstić information content (AvgIpc) is 2.64. The molecule has 0 radical (unpaired) electrons. The summed E-state index contributed by atoms with van der Waals surface area (Å²) in [7, 11) is -3.61. The zero-order valence-corrected chi connectivity index (χ0v) is 19.5. The Morgan fingerprint density at radius 2 is 1.76 bits per heavy atom. The minimum atomic E-state index is -3.61. The fourth-order valence-corrected chi connectivity index (χ4v) is 4.83. The van der Waals surface area contributed by atoms with E-state index in [1.807, 2.05) is 24.3 Å². The third-order valence-electron chi connectivity index (χ3n) is 4.08. The number of anilines is 1. The largest absolute Gasteiger partial charge is 0.354 e. The van der Waals surface area contributed by atoms with Gasteiger partial charge in [0.1, 0.15) is 6.54 Å². The quantitative estimate of drug-likeness (QED) is 0.514. The number of amides is 1. The van der Waals surface area contributed by atoms with Gasteiger partial charge in [-0.1, -0.05) is 35.3 Å². The van der Waals surface area contributed by atoms with Gasteiger partial charge in [0.05, 0.1) is 11.9 Å². The molecule has 0 aromatic heterocycles. The van der Waals surface area contributed by atoms with Crippen molar-refractivity contribution in [1.29, 1.82) is 0 Å². The van der Waals surface area contributed by atoms with Crippen LogP contribution >= 0.6 is 35.0 Å². The standard InChI is InChI=1S/C20H24Cl2N2O3S2/c1-15-12-18(22)8-9-19(15)24(29(2,26)27)13-20(25)23-10-3-11-28-14-16-4-6-17(21)7-5-16/h4-9,12H,3,10-11,13-14H2,1-2H3,(H,23,25). The molecule has 2 aromatic rings. The van der Waals surface area contributed by atoms with Gasteiger partial charge >= 0.3 is 0 Å². The summed E-state index contributed by atoms with van der Waals surface area (Å²) >= 11 is 13.6. The summed E-state index contributed by atoms with van der Waals surface area (Å²) in [4.78, 5) is 12.3. The summed E-state index contributed by atoms with van der Waals surface area (Å²) in [5, 5.41) is 4.02. The van der Waals surface area contributed by atoms with Gasteiger partial charge < -0.3 is 5.32 Å². The Balaban J connectivity index is 1.79. The molecule has 2 aromatic carbocycles. The molecular weight excluding hydrogens is 451 g/mol.